The second-order valence-electron chi connectivity index (χ2n) is 4.29. The topological polar surface area (TPSA) is 54.4 Å². The number of thiophene rings is 1. The standard InChI is InChI=1S/C14H10O3S2/c15-12(16)6-8-1-2-10-11(5-8)19-7-9-3-4-18-14(9)13(10)17/h1-5H,6-7H2,(H,15,16). The molecule has 0 atom stereocenters. The molecule has 2 heterocycles. The van der Waals surface area contributed by atoms with Gasteiger partial charge in [-0.05, 0) is 34.7 Å². The van der Waals surface area contributed by atoms with Gasteiger partial charge in [0.1, 0.15) is 0 Å². The van der Waals surface area contributed by atoms with E-state index in [0.717, 1.165) is 26.7 Å². The summed E-state index contributed by atoms with van der Waals surface area (Å²) in [5.41, 5.74) is 2.48. The van der Waals surface area contributed by atoms with Crippen LogP contribution in [0.4, 0.5) is 0 Å². The average Bonchev–Trinajstić information content (AvgIpc) is 2.79. The molecule has 0 radical (unpaired) electrons. The van der Waals surface area contributed by atoms with E-state index in [-0.39, 0.29) is 12.2 Å². The Morgan fingerprint density at radius 2 is 2.16 bits per heavy atom. The SMILES string of the molecule is O=C(O)Cc1ccc2c(c1)SCc1ccsc1C2=O. The first-order chi connectivity index (χ1) is 9.15. The van der Waals surface area contributed by atoms with E-state index in [0.29, 0.717) is 5.56 Å². The predicted octanol–water partition coefficient (Wildman–Crippen LogP) is 3.21. The van der Waals surface area contributed by atoms with Gasteiger partial charge in [-0.15, -0.1) is 23.1 Å². The molecule has 1 aromatic heterocycles. The predicted molar refractivity (Wildman–Crippen MR) is 75.1 cm³/mol. The molecule has 0 aliphatic carbocycles. The number of hydrogen-bond donors (Lipinski definition) is 1. The van der Waals surface area contributed by atoms with E-state index < -0.39 is 5.97 Å². The monoisotopic (exact) mass is 290 g/mol. The first-order valence-corrected chi connectivity index (χ1v) is 7.60. The minimum absolute atomic E-state index is 0.0101. The zero-order valence-corrected chi connectivity index (χ0v) is 11.5. The number of fused-ring (bicyclic) bond motifs is 2. The van der Waals surface area contributed by atoms with Crippen LogP contribution < -0.4 is 0 Å². The summed E-state index contributed by atoms with van der Waals surface area (Å²) in [6.45, 7) is 0. The van der Waals surface area contributed by atoms with Crippen molar-refractivity contribution in [2.75, 3.05) is 0 Å². The number of thioether (sulfide) groups is 1. The molecule has 0 fully saturated rings. The molecule has 5 heteroatoms. The fourth-order valence-electron chi connectivity index (χ4n) is 2.08. The zero-order chi connectivity index (χ0) is 13.4. The average molecular weight is 290 g/mol. The van der Waals surface area contributed by atoms with Crippen molar-refractivity contribution in [3.8, 4) is 0 Å². The number of hydrogen-bond acceptors (Lipinski definition) is 4. The van der Waals surface area contributed by atoms with E-state index >= 15 is 0 Å². The fraction of sp³-hybridized carbons (Fsp3) is 0.143. The first kappa shape index (κ1) is 12.4. The van der Waals surface area contributed by atoms with E-state index in [4.69, 9.17) is 5.11 Å². The highest BCUT2D eigenvalue weighted by atomic mass is 32.2. The third kappa shape index (κ3) is 2.31. The van der Waals surface area contributed by atoms with Gasteiger partial charge < -0.3 is 5.11 Å². The number of carbonyl (C=O) groups is 2. The molecule has 0 amide bonds. The molecule has 3 nitrogen and oxygen atoms in total. The Labute approximate surface area is 118 Å². The summed E-state index contributed by atoms with van der Waals surface area (Å²) in [7, 11) is 0. The number of carbonyl (C=O) groups excluding carboxylic acids is 1. The van der Waals surface area contributed by atoms with Crippen LogP contribution in [0, 0.1) is 0 Å². The Balaban J connectivity index is 2.03. The molecule has 0 bridgehead atoms. The van der Waals surface area contributed by atoms with Gasteiger partial charge in [0.15, 0.2) is 0 Å². The van der Waals surface area contributed by atoms with Crippen LogP contribution in [0.15, 0.2) is 34.5 Å². The van der Waals surface area contributed by atoms with Crippen LogP contribution in [0.2, 0.25) is 0 Å². The lowest BCUT2D eigenvalue weighted by molar-refractivity contribution is -0.136. The molecule has 19 heavy (non-hydrogen) atoms. The Hall–Kier alpha value is -1.59. The highest BCUT2D eigenvalue weighted by molar-refractivity contribution is 7.98. The Kier molecular flexibility index (Phi) is 3.16. The number of carboxylic acid groups (broad SMARTS) is 1. The van der Waals surface area contributed by atoms with Crippen molar-refractivity contribution in [1.29, 1.82) is 0 Å². The van der Waals surface area contributed by atoms with Crippen LogP contribution in [0.5, 0.6) is 0 Å². The summed E-state index contributed by atoms with van der Waals surface area (Å²) in [5, 5.41) is 10.8. The van der Waals surface area contributed by atoms with E-state index in [1.807, 2.05) is 17.5 Å². The lowest BCUT2D eigenvalue weighted by Gasteiger charge is -2.06. The molecule has 96 valence electrons. The van der Waals surface area contributed by atoms with Crippen molar-refractivity contribution in [1.82, 2.24) is 0 Å². The highest BCUT2D eigenvalue weighted by Crippen LogP contribution is 2.36. The molecule has 0 saturated carbocycles. The molecular formula is C14H10O3S2. The minimum atomic E-state index is -0.857. The van der Waals surface area contributed by atoms with Gasteiger partial charge in [0, 0.05) is 16.2 Å². The fourth-order valence-corrected chi connectivity index (χ4v) is 4.16. The van der Waals surface area contributed by atoms with E-state index in [1.54, 1.807) is 23.9 Å². The van der Waals surface area contributed by atoms with Crippen molar-refractivity contribution in [3.63, 3.8) is 0 Å². The molecule has 1 aromatic carbocycles. The van der Waals surface area contributed by atoms with Crippen molar-refractivity contribution >= 4 is 34.9 Å². The number of aliphatic carboxylic acids is 1. The van der Waals surface area contributed by atoms with E-state index in [1.165, 1.54) is 11.3 Å². The van der Waals surface area contributed by atoms with Crippen LogP contribution in [0.1, 0.15) is 26.4 Å². The van der Waals surface area contributed by atoms with Crippen LogP contribution in [0.25, 0.3) is 0 Å². The molecule has 2 aromatic rings. The number of benzene rings is 1. The first-order valence-electron chi connectivity index (χ1n) is 5.74. The molecule has 0 spiro atoms. The van der Waals surface area contributed by atoms with Crippen molar-refractivity contribution < 1.29 is 14.7 Å². The third-order valence-corrected chi connectivity index (χ3v) is 5.04. The van der Waals surface area contributed by atoms with Gasteiger partial charge in [0.25, 0.3) is 0 Å². The summed E-state index contributed by atoms with van der Waals surface area (Å²) in [6, 6.07) is 7.28. The maximum absolute atomic E-state index is 12.4. The normalized spacial score (nSPS) is 13.6. The Bertz CT molecular complexity index is 673. The molecular weight excluding hydrogens is 280 g/mol. The van der Waals surface area contributed by atoms with Gasteiger partial charge in [-0.25, -0.2) is 0 Å². The summed E-state index contributed by atoms with van der Waals surface area (Å²) in [5.74, 6) is -0.0513. The van der Waals surface area contributed by atoms with Gasteiger partial charge in [0.05, 0.1) is 11.3 Å². The largest absolute Gasteiger partial charge is 0.481 e. The maximum Gasteiger partial charge on any atom is 0.307 e. The number of rotatable bonds is 2. The lowest BCUT2D eigenvalue weighted by atomic mass is 10.0. The maximum atomic E-state index is 12.4. The van der Waals surface area contributed by atoms with Gasteiger partial charge in [-0.1, -0.05) is 6.07 Å². The second kappa shape index (κ2) is 4.83. The van der Waals surface area contributed by atoms with Crippen molar-refractivity contribution in [2.45, 2.75) is 17.1 Å². The van der Waals surface area contributed by atoms with E-state index in [2.05, 4.69) is 0 Å². The third-order valence-electron chi connectivity index (χ3n) is 2.98. The summed E-state index contributed by atoms with van der Waals surface area (Å²) in [4.78, 5) is 24.8. The van der Waals surface area contributed by atoms with Gasteiger partial charge in [-0.2, -0.15) is 0 Å². The smallest absolute Gasteiger partial charge is 0.307 e. The van der Waals surface area contributed by atoms with Crippen LogP contribution in [0.3, 0.4) is 0 Å². The van der Waals surface area contributed by atoms with E-state index in [9.17, 15) is 9.59 Å². The van der Waals surface area contributed by atoms with Gasteiger partial charge in [-0.3, -0.25) is 9.59 Å². The second-order valence-corrected chi connectivity index (χ2v) is 6.23. The molecule has 0 saturated heterocycles. The van der Waals surface area contributed by atoms with Crippen molar-refractivity contribution in [2.24, 2.45) is 0 Å². The molecule has 1 aliphatic heterocycles. The Morgan fingerprint density at radius 1 is 1.32 bits per heavy atom. The number of ketones is 1. The van der Waals surface area contributed by atoms with Crippen molar-refractivity contribution in [3.05, 3.63) is 51.2 Å². The minimum Gasteiger partial charge on any atom is -0.481 e. The number of carboxylic acids is 1. The molecule has 1 aliphatic rings. The quantitative estimate of drug-likeness (QED) is 0.922. The molecule has 3 rings (SSSR count). The molecule has 1 N–H and O–H groups in total. The van der Waals surface area contributed by atoms with Crippen LogP contribution in [-0.4, -0.2) is 16.9 Å². The summed E-state index contributed by atoms with van der Waals surface area (Å²) < 4.78 is 0. The zero-order valence-electron chi connectivity index (χ0n) is 9.88. The summed E-state index contributed by atoms with van der Waals surface area (Å²) >= 11 is 3.06. The lowest BCUT2D eigenvalue weighted by Crippen LogP contribution is -2.03. The van der Waals surface area contributed by atoms with Gasteiger partial charge in [0.2, 0.25) is 5.78 Å². The Morgan fingerprint density at radius 3 is 2.95 bits per heavy atom. The molecule has 0 unspecified atom stereocenters. The van der Waals surface area contributed by atoms with Crippen LogP contribution >= 0.6 is 23.1 Å². The highest BCUT2D eigenvalue weighted by Gasteiger charge is 2.23. The van der Waals surface area contributed by atoms with Crippen LogP contribution in [-0.2, 0) is 17.0 Å². The van der Waals surface area contributed by atoms with Gasteiger partial charge >= 0.3 is 5.97 Å². The summed E-state index contributed by atoms with van der Waals surface area (Å²) in [6.07, 6.45) is -0.0101.